The van der Waals surface area contributed by atoms with Crippen molar-refractivity contribution < 1.29 is 4.79 Å². The fourth-order valence-electron chi connectivity index (χ4n) is 3.58. The SMILES string of the molecule is CC(=O)Nc1cn[nH]c1C1CCCN(c2nccn3nc(C)cc23)C1. The molecule has 0 spiro atoms. The number of anilines is 2. The Bertz CT molecular complexity index is 913. The first kappa shape index (κ1) is 15.6. The summed E-state index contributed by atoms with van der Waals surface area (Å²) in [4.78, 5) is 18.3. The molecule has 1 aliphatic rings. The second-order valence-corrected chi connectivity index (χ2v) is 6.53. The Labute approximate surface area is 145 Å². The van der Waals surface area contributed by atoms with E-state index in [0.717, 1.165) is 54.3 Å². The lowest BCUT2D eigenvalue weighted by Crippen LogP contribution is -2.35. The Hall–Kier alpha value is -2.90. The van der Waals surface area contributed by atoms with Crippen LogP contribution < -0.4 is 10.2 Å². The molecule has 8 heteroatoms. The number of aromatic amines is 1. The summed E-state index contributed by atoms with van der Waals surface area (Å²) in [7, 11) is 0. The molecule has 1 amide bonds. The third kappa shape index (κ3) is 2.95. The van der Waals surface area contributed by atoms with Crippen LogP contribution in [-0.2, 0) is 4.79 Å². The Morgan fingerprint density at radius 2 is 2.32 bits per heavy atom. The van der Waals surface area contributed by atoms with Gasteiger partial charge in [0.1, 0.15) is 5.52 Å². The maximum absolute atomic E-state index is 11.4. The van der Waals surface area contributed by atoms with E-state index in [1.165, 1.54) is 6.92 Å². The molecule has 8 nitrogen and oxygen atoms in total. The normalized spacial score (nSPS) is 17.8. The number of carbonyl (C=O) groups is 1. The maximum atomic E-state index is 11.4. The maximum Gasteiger partial charge on any atom is 0.221 e. The zero-order chi connectivity index (χ0) is 17.4. The van der Waals surface area contributed by atoms with Gasteiger partial charge in [-0.15, -0.1) is 0 Å². The number of carbonyl (C=O) groups excluding carboxylic acids is 1. The van der Waals surface area contributed by atoms with Gasteiger partial charge in [0, 0.05) is 38.3 Å². The van der Waals surface area contributed by atoms with E-state index in [1.54, 1.807) is 12.4 Å². The van der Waals surface area contributed by atoms with Gasteiger partial charge >= 0.3 is 0 Å². The van der Waals surface area contributed by atoms with Crippen molar-refractivity contribution in [3.05, 3.63) is 36.0 Å². The Kier molecular flexibility index (Phi) is 3.87. The summed E-state index contributed by atoms with van der Waals surface area (Å²) in [5.74, 6) is 1.13. The van der Waals surface area contributed by atoms with Gasteiger partial charge in [0.2, 0.25) is 5.91 Å². The first-order chi connectivity index (χ1) is 12.1. The standard InChI is InChI=1S/C17H21N7O/c1-11-8-15-17(18-5-7-24(15)22-11)23-6-3-4-13(10-23)16-14(9-19-21-16)20-12(2)25/h5,7-9,13H,3-4,6,10H2,1-2H3,(H,19,21)(H,20,25). The number of aryl methyl sites for hydroxylation is 1. The number of rotatable bonds is 3. The number of H-pyrrole nitrogens is 1. The number of amides is 1. The van der Waals surface area contributed by atoms with Gasteiger partial charge in [0.25, 0.3) is 0 Å². The average molecular weight is 339 g/mol. The summed E-state index contributed by atoms with van der Waals surface area (Å²) in [5, 5.41) is 14.5. The second kappa shape index (κ2) is 6.19. The zero-order valence-electron chi connectivity index (χ0n) is 14.4. The van der Waals surface area contributed by atoms with Crippen molar-refractivity contribution in [2.24, 2.45) is 0 Å². The molecule has 4 rings (SSSR count). The smallest absolute Gasteiger partial charge is 0.221 e. The highest BCUT2D eigenvalue weighted by atomic mass is 16.1. The molecule has 130 valence electrons. The van der Waals surface area contributed by atoms with E-state index < -0.39 is 0 Å². The van der Waals surface area contributed by atoms with E-state index in [-0.39, 0.29) is 11.8 Å². The van der Waals surface area contributed by atoms with Gasteiger partial charge in [-0.05, 0) is 25.8 Å². The van der Waals surface area contributed by atoms with Crippen molar-refractivity contribution in [3.8, 4) is 0 Å². The average Bonchev–Trinajstić information content (AvgIpc) is 3.19. The summed E-state index contributed by atoms with van der Waals surface area (Å²) < 4.78 is 1.88. The van der Waals surface area contributed by atoms with Crippen molar-refractivity contribution in [2.45, 2.75) is 32.6 Å². The topological polar surface area (TPSA) is 91.2 Å². The predicted molar refractivity (Wildman–Crippen MR) is 94.8 cm³/mol. The van der Waals surface area contributed by atoms with Crippen LogP contribution in [0.15, 0.2) is 24.7 Å². The van der Waals surface area contributed by atoms with E-state index in [2.05, 4.69) is 36.6 Å². The Balaban J connectivity index is 1.63. The molecule has 2 N–H and O–H groups in total. The molecule has 1 atom stereocenters. The van der Waals surface area contributed by atoms with E-state index >= 15 is 0 Å². The van der Waals surface area contributed by atoms with Crippen LogP contribution in [0.25, 0.3) is 5.52 Å². The minimum absolute atomic E-state index is 0.0866. The van der Waals surface area contributed by atoms with Gasteiger partial charge in [-0.2, -0.15) is 10.2 Å². The number of nitrogens with zero attached hydrogens (tertiary/aromatic N) is 5. The lowest BCUT2D eigenvalue weighted by molar-refractivity contribution is -0.114. The second-order valence-electron chi connectivity index (χ2n) is 6.53. The minimum atomic E-state index is -0.0866. The number of nitrogens with one attached hydrogen (secondary N) is 2. The van der Waals surface area contributed by atoms with E-state index in [4.69, 9.17) is 0 Å². The summed E-state index contributed by atoms with van der Waals surface area (Å²) in [6.45, 7) is 5.28. The van der Waals surface area contributed by atoms with Gasteiger partial charge in [-0.3, -0.25) is 9.89 Å². The number of fused-ring (bicyclic) bond motifs is 1. The van der Waals surface area contributed by atoms with Crippen LogP contribution in [0.4, 0.5) is 11.5 Å². The molecular weight excluding hydrogens is 318 g/mol. The van der Waals surface area contributed by atoms with Crippen molar-refractivity contribution in [1.82, 2.24) is 24.8 Å². The number of piperidine rings is 1. The van der Waals surface area contributed by atoms with Gasteiger partial charge in [0.15, 0.2) is 5.82 Å². The number of aromatic nitrogens is 5. The van der Waals surface area contributed by atoms with Crippen LogP contribution >= 0.6 is 0 Å². The molecule has 3 aromatic heterocycles. The fourth-order valence-corrected chi connectivity index (χ4v) is 3.58. The molecule has 0 bridgehead atoms. The van der Waals surface area contributed by atoms with Gasteiger partial charge in [-0.25, -0.2) is 9.50 Å². The third-order valence-corrected chi connectivity index (χ3v) is 4.60. The predicted octanol–water partition coefficient (Wildman–Crippen LogP) is 2.10. The van der Waals surface area contributed by atoms with E-state index in [0.29, 0.717) is 0 Å². The Morgan fingerprint density at radius 3 is 3.16 bits per heavy atom. The largest absolute Gasteiger partial charge is 0.354 e. The van der Waals surface area contributed by atoms with E-state index in [1.807, 2.05) is 17.6 Å². The molecule has 0 aliphatic carbocycles. The molecule has 25 heavy (non-hydrogen) atoms. The van der Waals surface area contributed by atoms with Gasteiger partial charge in [-0.1, -0.05) is 0 Å². The lowest BCUT2D eigenvalue weighted by Gasteiger charge is -2.33. The molecule has 0 aromatic carbocycles. The molecule has 1 aliphatic heterocycles. The van der Waals surface area contributed by atoms with Crippen LogP contribution in [0.3, 0.4) is 0 Å². The van der Waals surface area contributed by atoms with Crippen molar-refractivity contribution in [1.29, 1.82) is 0 Å². The van der Waals surface area contributed by atoms with Crippen LogP contribution in [0.2, 0.25) is 0 Å². The lowest BCUT2D eigenvalue weighted by atomic mass is 9.94. The number of hydrogen-bond donors (Lipinski definition) is 2. The molecule has 1 saturated heterocycles. The highest BCUT2D eigenvalue weighted by molar-refractivity contribution is 5.89. The van der Waals surface area contributed by atoms with Crippen LogP contribution in [0.1, 0.15) is 37.1 Å². The molecule has 1 fully saturated rings. The summed E-state index contributed by atoms with van der Waals surface area (Å²) in [6.07, 6.45) is 7.44. The highest BCUT2D eigenvalue weighted by Gasteiger charge is 2.27. The fraction of sp³-hybridized carbons (Fsp3) is 0.412. The monoisotopic (exact) mass is 339 g/mol. The third-order valence-electron chi connectivity index (χ3n) is 4.60. The first-order valence-electron chi connectivity index (χ1n) is 8.48. The van der Waals surface area contributed by atoms with Crippen LogP contribution in [0.5, 0.6) is 0 Å². The van der Waals surface area contributed by atoms with Gasteiger partial charge < -0.3 is 10.2 Å². The van der Waals surface area contributed by atoms with E-state index in [9.17, 15) is 4.79 Å². The summed E-state index contributed by atoms with van der Waals surface area (Å²) in [6, 6.07) is 2.06. The molecule has 4 heterocycles. The molecule has 0 saturated carbocycles. The Morgan fingerprint density at radius 1 is 1.44 bits per heavy atom. The summed E-state index contributed by atoms with van der Waals surface area (Å²) in [5.41, 5.74) is 3.75. The molecular formula is C17H21N7O. The molecule has 3 aromatic rings. The van der Waals surface area contributed by atoms with Crippen LogP contribution in [-0.4, -0.2) is 43.8 Å². The molecule has 1 unspecified atom stereocenters. The minimum Gasteiger partial charge on any atom is -0.354 e. The van der Waals surface area contributed by atoms with Crippen LogP contribution in [0, 0.1) is 6.92 Å². The molecule has 0 radical (unpaired) electrons. The zero-order valence-corrected chi connectivity index (χ0v) is 14.4. The van der Waals surface area contributed by atoms with Crippen molar-refractivity contribution >= 4 is 22.9 Å². The number of hydrogen-bond acceptors (Lipinski definition) is 5. The quantitative estimate of drug-likeness (QED) is 0.762. The first-order valence-corrected chi connectivity index (χ1v) is 8.48. The van der Waals surface area contributed by atoms with Crippen molar-refractivity contribution in [3.63, 3.8) is 0 Å². The van der Waals surface area contributed by atoms with Gasteiger partial charge in [0.05, 0.1) is 23.3 Å². The highest BCUT2D eigenvalue weighted by Crippen LogP contribution is 2.33. The summed E-state index contributed by atoms with van der Waals surface area (Å²) >= 11 is 0. The van der Waals surface area contributed by atoms with Crippen molar-refractivity contribution in [2.75, 3.05) is 23.3 Å².